The molecule has 23 heavy (non-hydrogen) atoms. The number of carbonyl (C=O) groups is 1. The second kappa shape index (κ2) is 8.08. The smallest absolute Gasteiger partial charge is 0.410 e. The summed E-state index contributed by atoms with van der Waals surface area (Å²) in [7, 11) is 0. The number of hydrogen-bond donors (Lipinski definition) is 1. The van der Waals surface area contributed by atoms with Gasteiger partial charge in [-0.2, -0.15) is 0 Å². The molecule has 6 nitrogen and oxygen atoms in total. The van der Waals surface area contributed by atoms with E-state index >= 15 is 0 Å². The summed E-state index contributed by atoms with van der Waals surface area (Å²) in [5.41, 5.74) is 1.44. The highest BCUT2D eigenvalue weighted by Crippen LogP contribution is 2.16. The Bertz CT molecular complexity index is 479. The summed E-state index contributed by atoms with van der Waals surface area (Å²) in [4.78, 5) is 21.6. The van der Waals surface area contributed by atoms with E-state index in [1.165, 1.54) is 4.88 Å². The number of carbonyl (C=O) groups excluding carboxylic acids is 1. The van der Waals surface area contributed by atoms with Gasteiger partial charge in [0.2, 0.25) is 0 Å². The van der Waals surface area contributed by atoms with Crippen LogP contribution in [0, 0.1) is 0 Å². The third kappa shape index (κ3) is 6.08. The molecule has 0 bridgehead atoms. The second-order valence-electron chi connectivity index (χ2n) is 6.89. The van der Waals surface area contributed by atoms with E-state index in [1.54, 1.807) is 16.2 Å². The first-order valence-electron chi connectivity index (χ1n) is 8.17. The molecule has 0 aromatic carbocycles. The minimum Gasteiger partial charge on any atom is -0.444 e. The first kappa shape index (κ1) is 18.2. The van der Waals surface area contributed by atoms with Gasteiger partial charge in [-0.3, -0.25) is 9.88 Å². The van der Waals surface area contributed by atoms with Gasteiger partial charge < -0.3 is 15.0 Å². The summed E-state index contributed by atoms with van der Waals surface area (Å²) in [6.07, 6.45) is 1.72. The van der Waals surface area contributed by atoms with Crippen molar-refractivity contribution in [1.82, 2.24) is 20.1 Å². The summed E-state index contributed by atoms with van der Waals surface area (Å²) < 4.78 is 5.42. The molecular weight excluding hydrogens is 312 g/mol. The number of hydrogen-bond acceptors (Lipinski definition) is 6. The Morgan fingerprint density at radius 2 is 2.09 bits per heavy atom. The highest BCUT2D eigenvalue weighted by molar-refractivity contribution is 7.09. The Morgan fingerprint density at radius 3 is 2.65 bits per heavy atom. The molecule has 1 aliphatic rings. The van der Waals surface area contributed by atoms with Crippen LogP contribution in [0.3, 0.4) is 0 Å². The number of rotatable bonds is 5. The van der Waals surface area contributed by atoms with E-state index in [0.29, 0.717) is 6.04 Å². The first-order chi connectivity index (χ1) is 10.8. The van der Waals surface area contributed by atoms with Crippen molar-refractivity contribution in [2.75, 3.05) is 39.3 Å². The minimum absolute atomic E-state index is 0.200. The zero-order valence-electron chi connectivity index (χ0n) is 14.5. The maximum Gasteiger partial charge on any atom is 0.410 e. The maximum atomic E-state index is 12.0. The van der Waals surface area contributed by atoms with Crippen molar-refractivity contribution in [2.24, 2.45) is 0 Å². The third-order valence-electron chi connectivity index (χ3n) is 3.78. The van der Waals surface area contributed by atoms with Gasteiger partial charge in [-0.15, -0.1) is 11.3 Å². The molecule has 1 amide bonds. The van der Waals surface area contributed by atoms with E-state index < -0.39 is 5.60 Å². The predicted molar refractivity (Wildman–Crippen MR) is 92.8 cm³/mol. The number of ether oxygens (including phenoxy) is 1. The van der Waals surface area contributed by atoms with Crippen molar-refractivity contribution in [3.8, 4) is 0 Å². The zero-order chi connectivity index (χ0) is 16.9. The molecule has 1 atom stereocenters. The van der Waals surface area contributed by atoms with Crippen molar-refractivity contribution < 1.29 is 9.53 Å². The molecule has 2 heterocycles. The Hall–Kier alpha value is -1.18. The highest BCUT2D eigenvalue weighted by Gasteiger charge is 2.25. The Balaban J connectivity index is 1.64. The second-order valence-corrected chi connectivity index (χ2v) is 7.81. The van der Waals surface area contributed by atoms with Crippen LogP contribution < -0.4 is 5.32 Å². The van der Waals surface area contributed by atoms with Crippen molar-refractivity contribution in [3.05, 3.63) is 16.6 Å². The molecule has 1 aromatic rings. The van der Waals surface area contributed by atoms with E-state index in [-0.39, 0.29) is 6.09 Å². The predicted octanol–water partition coefficient (Wildman–Crippen LogP) is 2.35. The first-order valence-corrected chi connectivity index (χ1v) is 9.05. The van der Waals surface area contributed by atoms with Gasteiger partial charge >= 0.3 is 6.09 Å². The Morgan fingerprint density at radius 1 is 1.39 bits per heavy atom. The van der Waals surface area contributed by atoms with Gasteiger partial charge in [-0.1, -0.05) is 0 Å². The fourth-order valence-corrected chi connectivity index (χ4v) is 3.11. The fourth-order valence-electron chi connectivity index (χ4n) is 2.46. The van der Waals surface area contributed by atoms with Crippen LogP contribution in [0.2, 0.25) is 0 Å². The van der Waals surface area contributed by atoms with Crippen LogP contribution >= 0.6 is 11.3 Å². The van der Waals surface area contributed by atoms with E-state index in [9.17, 15) is 4.79 Å². The van der Waals surface area contributed by atoms with E-state index in [4.69, 9.17) is 4.74 Å². The molecule has 1 saturated heterocycles. The van der Waals surface area contributed by atoms with Crippen molar-refractivity contribution >= 4 is 17.4 Å². The topological polar surface area (TPSA) is 57.7 Å². The molecule has 0 saturated carbocycles. The molecule has 1 unspecified atom stereocenters. The summed E-state index contributed by atoms with van der Waals surface area (Å²) in [5.74, 6) is 0. The summed E-state index contributed by atoms with van der Waals surface area (Å²) in [6, 6.07) is 0.338. The average Bonchev–Trinajstić information content (AvgIpc) is 3.00. The number of nitrogens with zero attached hydrogens (tertiary/aromatic N) is 3. The standard InChI is InChI=1S/C16H28N4O2S/c1-13(14-11-17-12-23-14)18-5-6-19-7-9-20(10-8-19)15(21)22-16(2,3)4/h11-13,18H,5-10H2,1-4H3. The van der Waals surface area contributed by atoms with Gasteiger partial charge in [-0.05, 0) is 27.7 Å². The van der Waals surface area contributed by atoms with E-state index in [2.05, 4.69) is 22.1 Å². The lowest BCUT2D eigenvalue weighted by atomic mass is 10.2. The Kier molecular flexibility index (Phi) is 6.38. The summed E-state index contributed by atoms with van der Waals surface area (Å²) >= 11 is 1.68. The molecule has 130 valence electrons. The van der Waals surface area contributed by atoms with Crippen molar-refractivity contribution in [2.45, 2.75) is 39.3 Å². The molecule has 1 aromatic heterocycles. The van der Waals surface area contributed by atoms with Crippen LogP contribution in [0.5, 0.6) is 0 Å². The number of thiazole rings is 1. The number of nitrogens with one attached hydrogen (secondary N) is 1. The fraction of sp³-hybridized carbons (Fsp3) is 0.750. The van der Waals surface area contributed by atoms with Crippen LogP contribution in [-0.2, 0) is 4.74 Å². The lowest BCUT2D eigenvalue weighted by Gasteiger charge is -2.35. The molecule has 2 rings (SSSR count). The van der Waals surface area contributed by atoms with Gasteiger partial charge in [0.1, 0.15) is 5.60 Å². The normalized spacial score (nSPS) is 18.0. The minimum atomic E-state index is -0.426. The van der Waals surface area contributed by atoms with Crippen LogP contribution in [0.4, 0.5) is 4.79 Å². The molecule has 0 aliphatic carbocycles. The maximum absolute atomic E-state index is 12.0. The monoisotopic (exact) mass is 340 g/mol. The summed E-state index contributed by atoms with van der Waals surface area (Å²) in [6.45, 7) is 13.1. The highest BCUT2D eigenvalue weighted by atomic mass is 32.1. The van der Waals surface area contributed by atoms with Crippen molar-refractivity contribution in [1.29, 1.82) is 0 Å². The number of piperazine rings is 1. The van der Waals surface area contributed by atoms with Gasteiger partial charge in [0, 0.05) is 56.4 Å². The van der Waals surface area contributed by atoms with Crippen molar-refractivity contribution in [3.63, 3.8) is 0 Å². The van der Waals surface area contributed by atoms with Gasteiger partial charge in [-0.25, -0.2) is 4.79 Å². The largest absolute Gasteiger partial charge is 0.444 e. The molecule has 7 heteroatoms. The summed E-state index contributed by atoms with van der Waals surface area (Å²) in [5, 5.41) is 3.52. The molecule has 1 N–H and O–H groups in total. The van der Waals surface area contributed by atoms with E-state index in [0.717, 1.165) is 39.3 Å². The van der Waals surface area contributed by atoms with E-state index in [1.807, 2.05) is 32.5 Å². The molecule has 1 aliphatic heterocycles. The van der Waals surface area contributed by atoms with Gasteiger partial charge in [0.25, 0.3) is 0 Å². The lowest BCUT2D eigenvalue weighted by molar-refractivity contribution is 0.0146. The van der Waals surface area contributed by atoms with Gasteiger partial charge in [0.15, 0.2) is 0 Å². The lowest BCUT2D eigenvalue weighted by Crippen LogP contribution is -2.51. The van der Waals surface area contributed by atoms with Crippen LogP contribution in [0.15, 0.2) is 11.7 Å². The average molecular weight is 340 g/mol. The third-order valence-corrected chi connectivity index (χ3v) is 4.74. The molecular formula is C16H28N4O2S. The number of amides is 1. The number of aromatic nitrogens is 1. The molecule has 0 spiro atoms. The SMILES string of the molecule is CC(NCCN1CCN(C(=O)OC(C)(C)C)CC1)c1cncs1. The van der Waals surface area contributed by atoms with Gasteiger partial charge in [0.05, 0.1) is 5.51 Å². The van der Waals surface area contributed by atoms with Crippen LogP contribution in [0.1, 0.15) is 38.6 Å². The molecule has 1 fully saturated rings. The Labute approximate surface area is 142 Å². The zero-order valence-corrected chi connectivity index (χ0v) is 15.4. The molecule has 0 radical (unpaired) electrons. The van der Waals surface area contributed by atoms with Crippen LogP contribution in [-0.4, -0.2) is 65.7 Å². The quantitative estimate of drug-likeness (QED) is 0.892. The van der Waals surface area contributed by atoms with Crippen LogP contribution in [0.25, 0.3) is 0 Å².